The van der Waals surface area contributed by atoms with Crippen molar-refractivity contribution in [2.24, 2.45) is 0 Å². The highest BCUT2D eigenvalue weighted by Gasteiger charge is 2.19. The summed E-state index contributed by atoms with van der Waals surface area (Å²) >= 11 is 0. The highest BCUT2D eigenvalue weighted by molar-refractivity contribution is 5.85. The Bertz CT molecular complexity index is 685. The van der Waals surface area contributed by atoms with Gasteiger partial charge in [-0.05, 0) is 42.5 Å². The molecule has 1 atom stereocenters. The summed E-state index contributed by atoms with van der Waals surface area (Å²) in [6, 6.07) is 17.5. The zero-order valence-corrected chi connectivity index (χ0v) is 18.4. The molecule has 4 nitrogen and oxygen atoms in total. The first-order valence-electron chi connectivity index (χ1n) is 9.49. The number of ether oxygens (including phenoxy) is 2. The molecule has 0 bridgehead atoms. The van der Waals surface area contributed by atoms with Crippen LogP contribution in [0.3, 0.4) is 0 Å². The monoisotopic (exact) mass is 426 g/mol. The maximum Gasteiger partial charge on any atom is 0.160 e. The second-order valence-corrected chi connectivity index (χ2v) is 6.92. The quantitative estimate of drug-likeness (QED) is 0.691. The van der Waals surface area contributed by atoms with E-state index in [-0.39, 0.29) is 24.8 Å². The van der Waals surface area contributed by atoms with Crippen LogP contribution < -0.4 is 14.8 Å². The summed E-state index contributed by atoms with van der Waals surface area (Å²) in [6.07, 6.45) is 3.31. The van der Waals surface area contributed by atoms with E-state index in [1.165, 1.54) is 11.1 Å². The summed E-state index contributed by atoms with van der Waals surface area (Å²) < 4.78 is 10.7. The van der Waals surface area contributed by atoms with Crippen LogP contribution >= 0.6 is 24.8 Å². The molecule has 2 aromatic carbocycles. The summed E-state index contributed by atoms with van der Waals surface area (Å²) in [5.41, 5.74) is 2.72. The molecule has 1 heterocycles. The van der Waals surface area contributed by atoms with Gasteiger partial charge in [0.15, 0.2) is 11.5 Å². The summed E-state index contributed by atoms with van der Waals surface area (Å²) in [7, 11) is 3.36. The van der Waals surface area contributed by atoms with Crippen molar-refractivity contribution >= 4 is 24.8 Å². The Balaban J connectivity index is 0.00000196. The number of nitrogens with one attached hydrogen (secondary N) is 1. The zero-order chi connectivity index (χ0) is 18.2. The molecule has 1 saturated heterocycles. The highest BCUT2D eigenvalue weighted by Crippen LogP contribution is 2.28. The SMILES string of the molecule is COc1ccc(CCC2CN(CCc3ccccc3)CCN2)cc1OC.Cl.Cl. The van der Waals surface area contributed by atoms with Gasteiger partial charge in [0.25, 0.3) is 0 Å². The Morgan fingerprint density at radius 3 is 2.39 bits per heavy atom. The number of aryl methyl sites for hydroxylation is 1. The van der Waals surface area contributed by atoms with Crippen molar-refractivity contribution < 1.29 is 9.47 Å². The highest BCUT2D eigenvalue weighted by atomic mass is 35.5. The Hall–Kier alpha value is -1.46. The number of methoxy groups -OCH3 is 2. The van der Waals surface area contributed by atoms with E-state index in [0.29, 0.717) is 6.04 Å². The van der Waals surface area contributed by atoms with Gasteiger partial charge in [0.05, 0.1) is 14.2 Å². The lowest BCUT2D eigenvalue weighted by molar-refractivity contribution is 0.196. The fraction of sp³-hybridized carbons (Fsp3) is 0.455. The van der Waals surface area contributed by atoms with Crippen LogP contribution in [-0.2, 0) is 12.8 Å². The molecule has 0 spiro atoms. The van der Waals surface area contributed by atoms with Gasteiger partial charge in [-0.15, -0.1) is 24.8 Å². The molecule has 6 heteroatoms. The molecule has 1 N–H and O–H groups in total. The second kappa shape index (κ2) is 12.9. The third kappa shape index (κ3) is 7.17. The Labute approximate surface area is 181 Å². The summed E-state index contributed by atoms with van der Waals surface area (Å²) in [4.78, 5) is 2.59. The normalized spacial score (nSPS) is 16.6. The van der Waals surface area contributed by atoms with Gasteiger partial charge in [0, 0.05) is 32.2 Å². The standard InChI is InChI=1S/C22H30N2O2.2ClH/c1-25-21-11-9-19(16-22(21)26-2)8-10-20-17-24(15-13-23-20)14-12-18-6-4-3-5-7-18;;/h3-7,9,11,16,20,23H,8,10,12-15,17H2,1-2H3;2*1H. The first-order chi connectivity index (χ1) is 12.8. The molecule has 0 aromatic heterocycles. The summed E-state index contributed by atoms with van der Waals surface area (Å²) in [6.45, 7) is 4.48. The van der Waals surface area contributed by atoms with Crippen LogP contribution in [0.4, 0.5) is 0 Å². The lowest BCUT2D eigenvalue weighted by atomic mass is 10.0. The maximum atomic E-state index is 5.41. The summed E-state index contributed by atoms with van der Waals surface area (Å²) in [5, 5.41) is 3.67. The van der Waals surface area contributed by atoms with Crippen molar-refractivity contribution in [1.82, 2.24) is 10.2 Å². The van der Waals surface area contributed by atoms with E-state index >= 15 is 0 Å². The first-order valence-corrected chi connectivity index (χ1v) is 9.49. The van der Waals surface area contributed by atoms with Crippen molar-refractivity contribution in [2.75, 3.05) is 40.4 Å². The molecule has 1 aliphatic rings. The molecule has 0 saturated carbocycles. The predicted molar refractivity (Wildman–Crippen MR) is 121 cm³/mol. The fourth-order valence-electron chi connectivity index (χ4n) is 3.60. The molecule has 1 aliphatic heterocycles. The smallest absolute Gasteiger partial charge is 0.160 e. The van der Waals surface area contributed by atoms with E-state index in [0.717, 1.165) is 56.9 Å². The van der Waals surface area contributed by atoms with Crippen LogP contribution in [0.5, 0.6) is 11.5 Å². The number of halogens is 2. The number of nitrogens with zero attached hydrogens (tertiary/aromatic N) is 1. The molecule has 1 fully saturated rings. The fourth-order valence-corrected chi connectivity index (χ4v) is 3.60. The average Bonchev–Trinajstić information content (AvgIpc) is 2.71. The third-order valence-corrected chi connectivity index (χ3v) is 5.13. The zero-order valence-electron chi connectivity index (χ0n) is 16.7. The minimum atomic E-state index is 0. The van der Waals surface area contributed by atoms with Crippen molar-refractivity contribution in [3.05, 3.63) is 59.7 Å². The molecule has 0 aliphatic carbocycles. The molecule has 0 amide bonds. The molecule has 0 radical (unpaired) electrons. The van der Waals surface area contributed by atoms with Crippen LogP contribution in [0.15, 0.2) is 48.5 Å². The van der Waals surface area contributed by atoms with Crippen LogP contribution in [-0.4, -0.2) is 51.3 Å². The van der Waals surface area contributed by atoms with Crippen molar-refractivity contribution in [3.8, 4) is 11.5 Å². The first kappa shape index (κ1) is 24.6. The maximum absolute atomic E-state index is 5.41. The van der Waals surface area contributed by atoms with Gasteiger partial charge in [0.1, 0.15) is 0 Å². The lowest BCUT2D eigenvalue weighted by Crippen LogP contribution is -2.51. The predicted octanol–water partition coefficient (Wildman–Crippen LogP) is 4.00. The number of hydrogen-bond donors (Lipinski definition) is 1. The number of rotatable bonds is 8. The van der Waals surface area contributed by atoms with Crippen molar-refractivity contribution in [2.45, 2.75) is 25.3 Å². The van der Waals surface area contributed by atoms with Crippen molar-refractivity contribution in [3.63, 3.8) is 0 Å². The molecular formula is C22H32Cl2N2O2. The number of piperazine rings is 1. The molecule has 28 heavy (non-hydrogen) atoms. The van der Waals surface area contributed by atoms with E-state index in [4.69, 9.17) is 9.47 Å². The second-order valence-electron chi connectivity index (χ2n) is 6.92. The molecular weight excluding hydrogens is 395 g/mol. The van der Waals surface area contributed by atoms with Gasteiger partial charge in [-0.2, -0.15) is 0 Å². The lowest BCUT2D eigenvalue weighted by Gasteiger charge is -2.34. The molecule has 3 rings (SSSR count). The van der Waals surface area contributed by atoms with E-state index in [1.54, 1.807) is 14.2 Å². The number of benzene rings is 2. The number of hydrogen-bond acceptors (Lipinski definition) is 4. The van der Waals surface area contributed by atoms with E-state index in [9.17, 15) is 0 Å². The molecule has 1 unspecified atom stereocenters. The van der Waals surface area contributed by atoms with Crippen LogP contribution in [0, 0.1) is 0 Å². The third-order valence-electron chi connectivity index (χ3n) is 5.13. The largest absolute Gasteiger partial charge is 0.493 e. The van der Waals surface area contributed by atoms with Crippen LogP contribution in [0.1, 0.15) is 17.5 Å². The van der Waals surface area contributed by atoms with Gasteiger partial charge >= 0.3 is 0 Å². The van der Waals surface area contributed by atoms with Gasteiger partial charge < -0.3 is 19.7 Å². The molecule has 156 valence electrons. The van der Waals surface area contributed by atoms with Crippen molar-refractivity contribution in [1.29, 1.82) is 0 Å². The average molecular weight is 427 g/mol. The van der Waals surface area contributed by atoms with E-state index < -0.39 is 0 Å². The Morgan fingerprint density at radius 1 is 0.929 bits per heavy atom. The van der Waals surface area contributed by atoms with E-state index in [1.807, 2.05) is 6.07 Å². The topological polar surface area (TPSA) is 33.7 Å². The van der Waals surface area contributed by atoms with Crippen LogP contribution in [0.2, 0.25) is 0 Å². The summed E-state index contributed by atoms with van der Waals surface area (Å²) in [5.74, 6) is 1.60. The minimum absolute atomic E-state index is 0. The van der Waals surface area contributed by atoms with Gasteiger partial charge in [-0.25, -0.2) is 0 Å². The van der Waals surface area contributed by atoms with Gasteiger partial charge in [-0.3, -0.25) is 0 Å². The van der Waals surface area contributed by atoms with Gasteiger partial charge in [0.2, 0.25) is 0 Å². The van der Waals surface area contributed by atoms with E-state index in [2.05, 4.69) is 52.7 Å². The minimum Gasteiger partial charge on any atom is -0.493 e. The Morgan fingerprint density at radius 2 is 1.68 bits per heavy atom. The molecule has 2 aromatic rings. The van der Waals surface area contributed by atoms with Crippen LogP contribution in [0.25, 0.3) is 0 Å². The van der Waals surface area contributed by atoms with Gasteiger partial charge in [-0.1, -0.05) is 36.4 Å². The Kier molecular flexibility index (Phi) is 11.3.